The van der Waals surface area contributed by atoms with Crippen LogP contribution < -0.4 is 4.90 Å². The van der Waals surface area contributed by atoms with E-state index in [4.69, 9.17) is 21.1 Å². The van der Waals surface area contributed by atoms with Gasteiger partial charge in [-0.3, -0.25) is 0 Å². The highest BCUT2D eigenvalue weighted by molar-refractivity contribution is 6.30. The predicted molar refractivity (Wildman–Crippen MR) is 127 cm³/mol. The van der Waals surface area contributed by atoms with Crippen molar-refractivity contribution in [2.24, 2.45) is 0 Å². The lowest BCUT2D eigenvalue weighted by Crippen LogP contribution is -2.32. The Morgan fingerprint density at radius 2 is 1.72 bits per heavy atom. The molecule has 1 aliphatic rings. The molecule has 162 valence electrons. The van der Waals surface area contributed by atoms with Gasteiger partial charge in [0.05, 0.1) is 12.2 Å². The minimum atomic E-state index is 0.702. The normalized spacial score (nSPS) is 13.3. The lowest BCUT2D eigenvalue weighted by molar-refractivity contribution is 0.424. The van der Waals surface area contributed by atoms with Gasteiger partial charge in [0.1, 0.15) is 11.6 Å². The minimum Gasteiger partial charge on any atom is -0.356 e. The Hall–Kier alpha value is -3.18. The van der Waals surface area contributed by atoms with E-state index >= 15 is 0 Å². The van der Waals surface area contributed by atoms with E-state index in [1.807, 2.05) is 31.2 Å². The Labute approximate surface area is 193 Å². The summed E-state index contributed by atoms with van der Waals surface area (Å²) in [5.74, 6) is 2.60. The van der Waals surface area contributed by atoms with Crippen LogP contribution in [0.15, 0.2) is 53.1 Å². The largest absolute Gasteiger partial charge is 0.356 e. The second-order valence-corrected chi connectivity index (χ2v) is 8.87. The topological polar surface area (TPSA) is 55.1 Å². The van der Waals surface area contributed by atoms with Gasteiger partial charge >= 0.3 is 0 Å². The van der Waals surface area contributed by atoms with Crippen LogP contribution in [0.25, 0.3) is 11.3 Å². The van der Waals surface area contributed by atoms with E-state index in [1.54, 1.807) is 0 Å². The molecule has 2 aromatic heterocycles. The minimum absolute atomic E-state index is 0.702. The summed E-state index contributed by atoms with van der Waals surface area (Å²) >= 11 is 6.07. The van der Waals surface area contributed by atoms with Crippen LogP contribution in [0.1, 0.15) is 39.5 Å². The van der Waals surface area contributed by atoms with Gasteiger partial charge in [-0.15, -0.1) is 0 Å². The molecule has 0 atom stereocenters. The van der Waals surface area contributed by atoms with Gasteiger partial charge in [0, 0.05) is 46.8 Å². The fourth-order valence-electron chi connectivity index (χ4n) is 4.32. The van der Waals surface area contributed by atoms with Crippen molar-refractivity contribution in [2.75, 3.05) is 11.4 Å². The Kier molecular flexibility index (Phi) is 5.43. The quantitative estimate of drug-likeness (QED) is 0.394. The van der Waals surface area contributed by atoms with E-state index in [-0.39, 0.29) is 0 Å². The number of nitrogens with zero attached hydrogens (tertiary/aromatic N) is 4. The maximum atomic E-state index is 6.07. The molecule has 4 aromatic rings. The number of aromatic nitrogens is 3. The first kappa shape index (κ1) is 20.7. The molecule has 2 aromatic carbocycles. The summed E-state index contributed by atoms with van der Waals surface area (Å²) in [4.78, 5) is 11.9. The SMILES string of the molecule is Cc1ccc(Cc2c(C)nc(C)nc2N2CCc3noc(-c4ccc(Cl)cc4)c3C2)cc1. The summed E-state index contributed by atoms with van der Waals surface area (Å²) in [5.41, 5.74) is 7.85. The maximum absolute atomic E-state index is 6.07. The summed E-state index contributed by atoms with van der Waals surface area (Å²) in [7, 11) is 0. The second-order valence-electron chi connectivity index (χ2n) is 8.44. The molecule has 0 amide bonds. The molecule has 0 aliphatic carbocycles. The van der Waals surface area contributed by atoms with Crippen LogP contribution in [0.5, 0.6) is 0 Å². The molecule has 0 saturated carbocycles. The maximum Gasteiger partial charge on any atom is 0.172 e. The van der Waals surface area contributed by atoms with Crippen molar-refractivity contribution < 1.29 is 4.52 Å². The van der Waals surface area contributed by atoms with Crippen molar-refractivity contribution >= 4 is 17.4 Å². The van der Waals surface area contributed by atoms with Crippen molar-refractivity contribution in [3.05, 3.63) is 93.0 Å². The van der Waals surface area contributed by atoms with Gasteiger partial charge in [-0.2, -0.15) is 0 Å². The van der Waals surface area contributed by atoms with Crippen LogP contribution in [-0.2, 0) is 19.4 Å². The van der Waals surface area contributed by atoms with Gasteiger partial charge in [-0.25, -0.2) is 9.97 Å². The van der Waals surface area contributed by atoms with Crippen LogP contribution in [-0.4, -0.2) is 21.7 Å². The number of anilines is 1. The van der Waals surface area contributed by atoms with Crippen molar-refractivity contribution in [3.63, 3.8) is 0 Å². The van der Waals surface area contributed by atoms with Crippen molar-refractivity contribution in [2.45, 2.75) is 40.2 Å². The molecule has 0 saturated heterocycles. The monoisotopic (exact) mass is 444 g/mol. The molecule has 0 fully saturated rings. The first-order valence-electron chi connectivity index (χ1n) is 10.9. The van der Waals surface area contributed by atoms with Gasteiger partial charge in [0.25, 0.3) is 0 Å². The van der Waals surface area contributed by atoms with Crippen molar-refractivity contribution in [1.82, 2.24) is 15.1 Å². The van der Waals surface area contributed by atoms with Gasteiger partial charge in [0.15, 0.2) is 5.76 Å². The van der Waals surface area contributed by atoms with E-state index in [0.29, 0.717) is 11.6 Å². The number of hydrogen-bond donors (Lipinski definition) is 0. The molecular weight excluding hydrogens is 420 g/mol. The number of aryl methyl sites for hydroxylation is 3. The zero-order valence-electron chi connectivity index (χ0n) is 18.5. The summed E-state index contributed by atoms with van der Waals surface area (Å²) in [6, 6.07) is 16.4. The molecule has 0 spiro atoms. The third-order valence-electron chi connectivity index (χ3n) is 6.05. The summed E-state index contributed by atoms with van der Waals surface area (Å²) < 4.78 is 5.76. The van der Waals surface area contributed by atoms with Crippen LogP contribution in [0, 0.1) is 20.8 Å². The number of benzene rings is 2. The molecule has 5 nitrogen and oxygen atoms in total. The number of halogens is 1. The summed E-state index contributed by atoms with van der Waals surface area (Å²) in [6.45, 7) is 7.69. The highest BCUT2D eigenvalue weighted by Crippen LogP contribution is 2.34. The molecule has 0 radical (unpaired) electrons. The first-order chi connectivity index (χ1) is 15.5. The molecule has 32 heavy (non-hydrogen) atoms. The molecule has 1 aliphatic heterocycles. The Balaban J connectivity index is 1.51. The lowest BCUT2D eigenvalue weighted by Gasteiger charge is -2.30. The van der Waals surface area contributed by atoms with E-state index in [1.165, 1.54) is 16.7 Å². The molecule has 3 heterocycles. The Morgan fingerprint density at radius 3 is 2.47 bits per heavy atom. The van der Waals surface area contributed by atoms with Crippen LogP contribution in [0.2, 0.25) is 5.02 Å². The summed E-state index contributed by atoms with van der Waals surface area (Å²) in [6.07, 6.45) is 1.62. The summed E-state index contributed by atoms with van der Waals surface area (Å²) in [5, 5.41) is 5.05. The standard InChI is InChI=1S/C26H25ClN4O/c1-16-4-6-19(7-5-16)14-22-17(2)28-18(3)29-26(22)31-13-12-24-23(15-31)25(32-30-24)20-8-10-21(27)11-9-20/h4-11H,12-15H2,1-3H3. The molecule has 0 unspecified atom stereocenters. The van der Waals surface area contributed by atoms with Crippen LogP contribution in [0.4, 0.5) is 5.82 Å². The Bertz CT molecular complexity index is 1260. The first-order valence-corrected chi connectivity index (χ1v) is 11.2. The highest BCUT2D eigenvalue weighted by atomic mass is 35.5. The van der Waals surface area contributed by atoms with E-state index < -0.39 is 0 Å². The number of hydrogen-bond acceptors (Lipinski definition) is 5. The van der Waals surface area contributed by atoms with Crippen molar-refractivity contribution in [3.8, 4) is 11.3 Å². The average molecular weight is 445 g/mol. The molecule has 5 rings (SSSR count). The van der Waals surface area contributed by atoms with Gasteiger partial charge in [-0.1, -0.05) is 46.6 Å². The van der Waals surface area contributed by atoms with E-state index in [0.717, 1.165) is 59.3 Å². The molecule has 6 heteroatoms. The van der Waals surface area contributed by atoms with Gasteiger partial charge < -0.3 is 9.42 Å². The van der Waals surface area contributed by atoms with E-state index in [9.17, 15) is 0 Å². The Morgan fingerprint density at radius 1 is 0.969 bits per heavy atom. The fraction of sp³-hybridized carbons (Fsp3) is 0.269. The average Bonchev–Trinajstić information content (AvgIpc) is 3.20. The predicted octanol–water partition coefficient (Wildman–Crippen LogP) is 5.86. The van der Waals surface area contributed by atoms with Crippen molar-refractivity contribution in [1.29, 1.82) is 0 Å². The lowest BCUT2D eigenvalue weighted by atomic mass is 9.99. The number of rotatable bonds is 4. The van der Waals surface area contributed by atoms with Crippen LogP contribution >= 0.6 is 11.6 Å². The fourth-order valence-corrected chi connectivity index (χ4v) is 4.44. The molecular formula is C26H25ClN4O. The zero-order valence-corrected chi connectivity index (χ0v) is 19.3. The zero-order chi connectivity index (χ0) is 22.2. The van der Waals surface area contributed by atoms with Crippen LogP contribution in [0.3, 0.4) is 0 Å². The third-order valence-corrected chi connectivity index (χ3v) is 6.30. The molecule has 0 N–H and O–H groups in total. The smallest absolute Gasteiger partial charge is 0.172 e. The highest BCUT2D eigenvalue weighted by Gasteiger charge is 2.27. The number of fused-ring (bicyclic) bond motifs is 1. The molecule has 0 bridgehead atoms. The van der Waals surface area contributed by atoms with Gasteiger partial charge in [0.2, 0.25) is 0 Å². The van der Waals surface area contributed by atoms with Gasteiger partial charge in [-0.05, 0) is 50.6 Å². The third kappa shape index (κ3) is 4.00. The van der Waals surface area contributed by atoms with E-state index in [2.05, 4.69) is 53.2 Å². The second kappa shape index (κ2) is 8.40.